The molecule has 28 heavy (non-hydrogen) atoms. The van der Waals surface area contributed by atoms with Crippen molar-refractivity contribution in [1.29, 1.82) is 0 Å². The van der Waals surface area contributed by atoms with E-state index < -0.39 is 0 Å². The van der Waals surface area contributed by atoms with Gasteiger partial charge in [0.1, 0.15) is 0 Å². The summed E-state index contributed by atoms with van der Waals surface area (Å²) in [5.74, 6) is 0.523. The maximum atomic E-state index is 12.2. The Labute approximate surface area is 168 Å². The number of anilines is 1. The van der Waals surface area contributed by atoms with Gasteiger partial charge in [-0.2, -0.15) is 0 Å². The number of carbonyl (C=O) groups is 1. The zero-order valence-electron chi connectivity index (χ0n) is 16.7. The summed E-state index contributed by atoms with van der Waals surface area (Å²) in [4.78, 5) is 14.7. The van der Waals surface area contributed by atoms with E-state index in [1.54, 1.807) is 0 Å². The number of hydrogen-bond acceptors (Lipinski definition) is 3. The number of urea groups is 1. The van der Waals surface area contributed by atoms with Crippen molar-refractivity contribution < 1.29 is 9.53 Å². The van der Waals surface area contributed by atoms with E-state index in [2.05, 4.69) is 45.9 Å². The molecule has 5 nitrogen and oxygen atoms in total. The number of nitrogens with zero attached hydrogens (tertiary/aromatic N) is 1. The van der Waals surface area contributed by atoms with Gasteiger partial charge in [0.15, 0.2) is 0 Å². The number of benzene rings is 2. The highest BCUT2D eigenvalue weighted by Crippen LogP contribution is 2.16. The van der Waals surface area contributed by atoms with Gasteiger partial charge in [-0.3, -0.25) is 0 Å². The molecule has 0 unspecified atom stereocenters. The van der Waals surface area contributed by atoms with E-state index in [1.165, 1.54) is 5.56 Å². The van der Waals surface area contributed by atoms with Crippen LogP contribution in [0.2, 0.25) is 0 Å². The van der Waals surface area contributed by atoms with Gasteiger partial charge in [-0.1, -0.05) is 42.5 Å². The highest BCUT2D eigenvalue weighted by atomic mass is 16.5. The normalized spacial score (nSPS) is 16.8. The average Bonchev–Trinajstić information content (AvgIpc) is 3.19. The van der Waals surface area contributed by atoms with Gasteiger partial charge < -0.3 is 20.3 Å². The zero-order chi connectivity index (χ0) is 19.6. The van der Waals surface area contributed by atoms with Crippen molar-refractivity contribution in [3.05, 3.63) is 65.7 Å². The monoisotopic (exact) mass is 381 g/mol. The maximum absolute atomic E-state index is 12.2. The first kappa shape index (κ1) is 20.4. The van der Waals surface area contributed by atoms with Crippen LogP contribution in [0.5, 0.6) is 0 Å². The first-order valence-electron chi connectivity index (χ1n) is 10.2. The van der Waals surface area contributed by atoms with E-state index in [1.807, 2.05) is 31.2 Å². The standard InChI is InChI=1S/C23H31N3O2/c1-2-28-18-20-8-10-22(11-9-20)25-23(27)24-16-21-13-15-26(17-21)14-12-19-6-4-3-5-7-19/h3-11,21H,2,12-18H2,1H3,(H2,24,25,27)/t21-/m0/s1. The Morgan fingerprint density at radius 3 is 2.64 bits per heavy atom. The molecule has 1 atom stereocenters. The van der Waals surface area contributed by atoms with Crippen LogP contribution in [0.25, 0.3) is 0 Å². The second kappa shape index (κ2) is 10.8. The fraction of sp³-hybridized carbons (Fsp3) is 0.435. The molecule has 2 N–H and O–H groups in total. The molecule has 2 amide bonds. The lowest BCUT2D eigenvalue weighted by molar-refractivity contribution is 0.134. The lowest BCUT2D eigenvalue weighted by Crippen LogP contribution is -2.34. The Morgan fingerprint density at radius 1 is 1.11 bits per heavy atom. The third-order valence-electron chi connectivity index (χ3n) is 5.17. The number of rotatable bonds is 9. The molecule has 0 radical (unpaired) electrons. The predicted octanol–water partition coefficient (Wildman–Crippen LogP) is 3.91. The Balaban J connectivity index is 1.33. The molecule has 1 fully saturated rings. The third-order valence-corrected chi connectivity index (χ3v) is 5.17. The molecular formula is C23H31N3O2. The van der Waals surface area contributed by atoms with Crippen LogP contribution < -0.4 is 10.6 Å². The molecule has 1 aliphatic rings. The summed E-state index contributed by atoms with van der Waals surface area (Å²) in [7, 11) is 0. The zero-order valence-corrected chi connectivity index (χ0v) is 16.7. The first-order valence-corrected chi connectivity index (χ1v) is 10.2. The molecular weight excluding hydrogens is 350 g/mol. The lowest BCUT2D eigenvalue weighted by Gasteiger charge is -2.16. The van der Waals surface area contributed by atoms with Gasteiger partial charge in [-0.25, -0.2) is 4.79 Å². The fourth-order valence-corrected chi connectivity index (χ4v) is 3.53. The largest absolute Gasteiger partial charge is 0.377 e. The summed E-state index contributed by atoms with van der Waals surface area (Å²) in [6, 6.07) is 18.3. The number of likely N-dealkylation sites (tertiary alicyclic amines) is 1. The van der Waals surface area contributed by atoms with E-state index in [9.17, 15) is 4.79 Å². The second-order valence-corrected chi connectivity index (χ2v) is 7.36. The molecule has 1 heterocycles. The average molecular weight is 382 g/mol. The van der Waals surface area contributed by atoms with Crippen LogP contribution >= 0.6 is 0 Å². The Hall–Kier alpha value is -2.37. The number of amides is 2. The van der Waals surface area contributed by atoms with Gasteiger partial charge in [0.05, 0.1) is 6.61 Å². The van der Waals surface area contributed by atoms with E-state index in [-0.39, 0.29) is 6.03 Å². The summed E-state index contributed by atoms with van der Waals surface area (Å²) in [6.07, 6.45) is 2.22. The van der Waals surface area contributed by atoms with Gasteiger partial charge in [0.25, 0.3) is 0 Å². The van der Waals surface area contributed by atoms with Crippen LogP contribution in [0.1, 0.15) is 24.5 Å². The van der Waals surface area contributed by atoms with Crippen molar-refractivity contribution in [2.45, 2.75) is 26.4 Å². The Kier molecular flexibility index (Phi) is 7.88. The van der Waals surface area contributed by atoms with Crippen molar-refractivity contribution >= 4 is 11.7 Å². The van der Waals surface area contributed by atoms with Crippen LogP contribution in [0, 0.1) is 5.92 Å². The number of carbonyl (C=O) groups excluding carboxylic acids is 1. The SMILES string of the molecule is CCOCc1ccc(NC(=O)NC[C@@H]2CCN(CCc3ccccc3)C2)cc1. The molecule has 0 bridgehead atoms. The molecule has 1 aliphatic heterocycles. The second-order valence-electron chi connectivity index (χ2n) is 7.36. The summed E-state index contributed by atoms with van der Waals surface area (Å²) in [5, 5.41) is 5.92. The summed E-state index contributed by atoms with van der Waals surface area (Å²) in [5.41, 5.74) is 3.29. The number of ether oxygens (including phenoxy) is 1. The van der Waals surface area contributed by atoms with E-state index in [0.717, 1.165) is 50.3 Å². The molecule has 0 aromatic heterocycles. The lowest BCUT2D eigenvalue weighted by atomic mass is 10.1. The first-order chi connectivity index (χ1) is 13.7. The van der Waals surface area contributed by atoms with E-state index >= 15 is 0 Å². The minimum atomic E-state index is -0.139. The minimum absolute atomic E-state index is 0.139. The molecule has 0 saturated carbocycles. The highest BCUT2D eigenvalue weighted by Gasteiger charge is 2.22. The van der Waals surface area contributed by atoms with Gasteiger partial charge in [0.2, 0.25) is 0 Å². The van der Waals surface area contributed by atoms with Crippen LogP contribution in [0.15, 0.2) is 54.6 Å². The molecule has 2 aromatic carbocycles. The van der Waals surface area contributed by atoms with Crippen molar-refractivity contribution in [3.8, 4) is 0 Å². The van der Waals surface area contributed by atoms with Gasteiger partial charge in [-0.05, 0) is 55.5 Å². The van der Waals surface area contributed by atoms with Gasteiger partial charge in [0, 0.05) is 31.9 Å². The third kappa shape index (κ3) is 6.66. The smallest absolute Gasteiger partial charge is 0.319 e. The van der Waals surface area contributed by atoms with Crippen molar-refractivity contribution in [2.24, 2.45) is 5.92 Å². The molecule has 0 spiro atoms. The topological polar surface area (TPSA) is 53.6 Å². The molecule has 150 valence electrons. The van der Waals surface area contributed by atoms with E-state index in [4.69, 9.17) is 4.74 Å². The van der Waals surface area contributed by atoms with Crippen molar-refractivity contribution in [2.75, 3.05) is 38.1 Å². The van der Waals surface area contributed by atoms with Gasteiger partial charge in [-0.15, -0.1) is 0 Å². The Bertz CT molecular complexity index is 718. The maximum Gasteiger partial charge on any atom is 0.319 e. The molecule has 3 rings (SSSR count). The number of hydrogen-bond donors (Lipinski definition) is 2. The minimum Gasteiger partial charge on any atom is -0.377 e. The van der Waals surface area contributed by atoms with Crippen LogP contribution in [0.4, 0.5) is 10.5 Å². The number of nitrogens with one attached hydrogen (secondary N) is 2. The van der Waals surface area contributed by atoms with Crippen molar-refractivity contribution in [1.82, 2.24) is 10.2 Å². The molecule has 5 heteroatoms. The summed E-state index contributed by atoms with van der Waals surface area (Å²) < 4.78 is 5.38. The summed E-state index contributed by atoms with van der Waals surface area (Å²) >= 11 is 0. The predicted molar refractivity (Wildman–Crippen MR) is 113 cm³/mol. The van der Waals surface area contributed by atoms with Crippen molar-refractivity contribution in [3.63, 3.8) is 0 Å². The molecule has 0 aliphatic carbocycles. The Morgan fingerprint density at radius 2 is 1.89 bits per heavy atom. The van der Waals surface area contributed by atoms with Crippen LogP contribution in [-0.2, 0) is 17.8 Å². The molecule has 2 aromatic rings. The molecule has 1 saturated heterocycles. The fourth-order valence-electron chi connectivity index (χ4n) is 3.53. The quantitative estimate of drug-likeness (QED) is 0.692. The highest BCUT2D eigenvalue weighted by molar-refractivity contribution is 5.89. The van der Waals surface area contributed by atoms with Crippen LogP contribution in [0.3, 0.4) is 0 Å². The van der Waals surface area contributed by atoms with E-state index in [0.29, 0.717) is 19.1 Å². The van der Waals surface area contributed by atoms with Crippen LogP contribution in [-0.4, -0.2) is 43.7 Å². The summed E-state index contributed by atoms with van der Waals surface area (Å²) in [6.45, 7) is 7.25. The van der Waals surface area contributed by atoms with Gasteiger partial charge >= 0.3 is 6.03 Å².